The molecule has 0 saturated carbocycles. The van der Waals surface area contributed by atoms with Crippen LogP contribution in [0.4, 0.5) is 5.69 Å². The number of halogens is 1. The quantitative estimate of drug-likeness (QED) is 0.410. The number of amides is 2. The predicted octanol–water partition coefficient (Wildman–Crippen LogP) is 4.31. The third-order valence-corrected chi connectivity index (χ3v) is 5.99. The van der Waals surface area contributed by atoms with Gasteiger partial charge in [0.25, 0.3) is 0 Å². The predicted molar refractivity (Wildman–Crippen MR) is 150 cm³/mol. The zero-order chi connectivity index (χ0) is 28.0. The number of carbonyl (C=O) groups is 2. The highest BCUT2D eigenvalue weighted by atomic mass is 35.5. The molecule has 2 N–H and O–H groups in total. The van der Waals surface area contributed by atoms with Gasteiger partial charge in [-0.3, -0.25) is 14.8 Å². The van der Waals surface area contributed by atoms with Crippen LogP contribution in [0.15, 0.2) is 48.5 Å². The summed E-state index contributed by atoms with van der Waals surface area (Å²) >= 11 is 5.73. The lowest BCUT2D eigenvalue weighted by Gasteiger charge is -2.36. The lowest BCUT2D eigenvalue weighted by Crippen LogP contribution is -2.49. The summed E-state index contributed by atoms with van der Waals surface area (Å²) in [6.07, 6.45) is 3.31. The molecule has 0 aliphatic carbocycles. The number of hydrazine groups is 1. The van der Waals surface area contributed by atoms with E-state index >= 15 is 0 Å². The fourth-order valence-corrected chi connectivity index (χ4v) is 3.82. The van der Waals surface area contributed by atoms with Crippen molar-refractivity contribution in [1.29, 1.82) is 0 Å². The van der Waals surface area contributed by atoms with Crippen LogP contribution < -0.4 is 15.2 Å². The van der Waals surface area contributed by atoms with Gasteiger partial charge in [-0.25, -0.2) is 0 Å². The van der Waals surface area contributed by atoms with Gasteiger partial charge in [-0.1, -0.05) is 29.3 Å². The van der Waals surface area contributed by atoms with Crippen LogP contribution in [0.25, 0.3) is 0 Å². The number of anilines is 1. The average molecular weight is 549 g/mol. The van der Waals surface area contributed by atoms with E-state index in [0.29, 0.717) is 13.2 Å². The Bertz CT molecular complexity index is 939. The molecule has 4 rings (SSSR count). The normalized spacial score (nSPS) is 16.2. The van der Waals surface area contributed by atoms with Crippen molar-refractivity contribution >= 4 is 30.1 Å². The number of nitrogens with one attached hydrogen (secondary N) is 1. The Morgan fingerprint density at radius 1 is 1.00 bits per heavy atom. The maximum atomic E-state index is 10.4. The number of piperidine rings is 1. The van der Waals surface area contributed by atoms with Crippen molar-refractivity contribution < 1.29 is 24.3 Å². The summed E-state index contributed by atoms with van der Waals surface area (Å²) in [5, 5.41) is 16.7. The van der Waals surface area contributed by atoms with E-state index in [1.165, 1.54) is 10.7 Å². The van der Waals surface area contributed by atoms with Crippen LogP contribution in [0, 0.1) is 6.92 Å². The molecule has 2 aliphatic heterocycles. The Morgan fingerprint density at radius 2 is 1.58 bits per heavy atom. The van der Waals surface area contributed by atoms with Crippen LogP contribution in [0.1, 0.15) is 39.2 Å². The Labute approximate surface area is 231 Å². The first-order valence-electron chi connectivity index (χ1n) is 12.8. The minimum atomic E-state index is -0.145. The van der Waals surface area contributed by atoms with Crippen molar-refractivity contribution in [3.8, 4) is 5.75 Å². The largest absolute Gasteiger partial charge is 0.488 e. The zero-order valence-electron chi connectivity index (χ0n) is 22.8. The molecule has 2 aromatic rings. The number of benzene rings is 2. The molecule has 2 amide bonds. The van der Waals surface area contributed by atoms with Gasteiger partial charge in [-0.05, 0) is 76.9 Å². The standard InChI is InChI=1S/C13H19N3O2.C10H13ClO.C5H9NO2/c1-11-2-4-13(5-3-11)16(18)15-8-6-12(7-9-15)14-10-17;1-10(2,3)12-9-6-4-8(11)5-7-9;7-5-6-1-3-8-4-2-6/h2-5,10,12,18H,6-9H2,1H3,(H,14,17);4-7H,1-3H3;5H,1-4H2. The van der Waals surface area contributed by atoms with Gasteiger partial charge in [0.2, 0.25) is 12.8 Å². The number of morpholine rings is 1. The van der Waals surface area contributed by atoms with Gasteiger partial charge >= 0.3 is 0 Å². The minimum Gasteiger partial charge on any atom is -0.488 e. The summed E-state index contributed by atoms with van der Waals surface area (Å²) in [5.41, 5.74) is 1.79. The molecule has 210 valence electrons. The zero-order valence-corrected chi connectivity index (χ0v) is 23.6. The number of hydrogen-bond acceptors (Lipinski definition) is 7. The summed E-state index contributed by atoms with van der Waals surface area (Å²) in [6.45, 7) is 12.4. The average Bonchev–Trinajstić information content (AvgIpc) is 2.91. The van der Waals surface area contributed by atoms with Gasteiger partial charge in [0, 0.05) is 37.2 Å². The number of ether oxygens (including phenoxy) is 2. The number of aryl methyl sites for hydroxylation is 1. The topological polar surface area (TPSA) is 94.6 Å². The van der Waals surface area contributed by atoms with Crippen LogP contribution in [0.2, 0.25) is 5.02 Å². The molecule has 2 fully saturated rings. The van der Waals surface area contributed by atoms with Crippen molar-refractivity contribution in [1.82, 2.24) is 15.2 Å². The second kappa shape index (κ2) is 16.2. The molecule has 0 spiro atoms. The van der Waals surface area contributed by atoms with E-state index in [1.807, 2.05) is 81.2 Å². The van der Waals surface area contributed by atoms with Crippen molar-refractivity contribution in [2.75, 3.05) is 44.6 Å². The van der Waals surface area contributed by atoms with Gasteiger partial charge in [0.15, 0.2) is 0 Å². The monoisotopic (exact) mass is 548 g/mol. The van der Waals surface area contributed by atoms with Crippen molar-refractivity contribution in [2.45, 2.75) is 52.2 Å². The lowest BCUT2D eigenvalue weighted by atomic mass is 10.1. The first kappa shape index (κ1) is 31.4. The van der Waals surface area contributed by atoms with Gasteiger partial charge in [0.05, 0.1) is 18.9 Å². The SMILES string of the molecule is CC(C)(C)Oc1ccc(Cl)cc1.Cc1ccc(N(O)N2CCC(NC=O)CC2)cc1.O=CN1CCOCC1. The lowest BCUT2D eigenvalue weighted by molar-refractivity contribution is -0.121. The Hall–Kier alpha value is -2.85. The second-order valence-electron chi connectivity index (χ2n) is 10.1. The van der Waals surface area contributed by atoms with E-state index < -0.39 is 0 Å². The van der Waals surface area contributed by atoms with Gasteiger partial charge in [0.1, 0.15) is 11.4 Å². The molecule has 2 aromatic carbocycles. The Morgan fingerprint density at radius 3 is 2.05 bits per heavy atom. The first-order valence-corrected chi connectivity index (χ1v) is 13.2. The molecule has 0 unspecified atom stereocenters. The number of hydrogen-bond donors (Lipinski definition) is 2. The summed E-state index contributed by atoms with van der Waals surface area (Å²) in [4.78, 5) is 22.1. The molecular weight excluding hydrogens is 508 g/mol. The van der Waals surface area contributed by atoms with Gasteiger partial charge in [-0.2, -0.15) is 10.2 Å². The molecule has 0 radical (unpaired) electrons. The van der Waals surface area contributed by atoms with E-state index in [-0.39, 0.29) is 11.6 Å². The van der Waals surface area contributed by atoms with Crippen LogP contribution in [-0.2, 0) is 14.3 Å². The van der Waals surface area contributed by atoms with E-state index in [0.717, 1.165) is 68.3 Å². The van der Waals surface area contributed by atoms with Crippen LogP contribution in [0.3, 0.4) is 0 Å². The number of nitrogens with zero attached hydrogens (tertiary/aromatic N) is 3. The third-order valence-electron chi connectivity index (χ3n) is 5.74. The highest BCUT2D eigenvalue weighted by Gasteiger charge is 2.22. The Kier molecular flexibility index (Phi) is 13.4. The number of carbonyl (C=O) groups excluding carboxylic acids is 2. The minimum absolute atomic E-state index is 0.145. The maximum absolute atomic E-state index is 10.4. The van der Waals surface area contributed by atoms with Crippen LogP contribution in [0.5, 0.6) is 5.75 Å². The molecule has 10 heteroatoms. The van der Waals surface area contributed by atoms with Crippen molar-refractivity contribution in [2.24, 2.45) is 0 Å². The molecule has 0 bridgehead atoms. The first-order chi connectivity index (χ1) is 18.1. The van der Waals surface area contributed by atoms with Crippen LogP contribution >= 0.6 is 11.6 Å². The van der Waals surface area contributed by atoms with Gasteiger partial charge in [-0.15, -0.1) is 0 Å². The van der Waals surface area contributed by atoms with E-state index in [9.17, 15) is 14.8 Å². The third kappa shape index (κ3) is 12.1. The molecule has 0 aromatic heterocycles. The van der Waals surface area contributed by atoms with E-state index in [4.69, 9.17) is 21.1 Å². The molecule has 9 nitrogen and oxygen atoms in total. The Balaban J connectivity index is 0.000000218. The fraction of sp³-hybridized carbons (Fsp3) is 0.500. The smallest absolute Gasteiger partial charge is 0.209 e. The number of rotatable bonds is 6. The molecule has 38 heavy (non-hydrogen) atoms. The van der Waals surface area contributed by atoms with Crippen molar-refractivity contribution in [3.63, 3.8) is 0 Å². The summed E-state index contributed by atoms with van der Waals surface area (Å²) in [5.74, 6) is 0.854. The van der Waals surface area contributed by atoms with E-state index in [1.54, 1.807) is 4.90 Å². The molecule has 2 aliphatic rings. The molecular formula is C28H41ClN4O5. The second-order valence-corrected chi connectivity index (χ2v) is 10.5. The highest BCUT2D eigenvalue weighted by Crippen LogP contribution is 2.20. The summed E-state index contributed by atoms with van der Waals surface area (Å²) in [6, 6.07) is 15.3. The molecule has 2 saturated heterocycles. The maximum Gasteiger partial charge on any atom is 0.209 e. The van der Waals surface area contributed by atoms with Crippen LogP contribution in [-0.4, -0.2) is 79.0 Å². The summed E-state index contributed by atoms with van der Waals surface area (Å²) < 4.78 is 10.6. The van der Waals surface area contributed by atoms with Gasteiger partial charge < -0.3 is 19.7 Å². The van der Waals surface area contributed by atoms with E-state index in [2.05, 4.69) is 5.32 Å². The highest BCUT2D eigenvalue weighted by molar-refractivity contribution is 6.30. The molecule has 0 atom stereocenters. The van der Waals surface area contributed by atoms with Crippen molar-refractivity contribution in [3.05, 3.63) is 59.1 Å². The fourth-order valence-electron chi connectivity index (χ4n) is 3.70. The molecule has 2 heterocycles. The summed E-state index contributed by atoms with van der Waals surface area (Å²) in [7, 11) is 0.